The average molecular weight is 401 g/mol. The Bertz CT molecular complexity index is 1010. The van der Waals surface area contributed by atoms with Gasteiger partial charge < -0.3 is 14.2 Å². The molecule has 0 aliphatic heterocycles. The van der Waals surface area contributed by atoms with Gasteiger partial charge in [0.2, 0.25) is 0 Å². The van der Waals surface area contributed by atoms with E-state index < -0.39 is 0 Å². The van der Waals surface area contributed by atoms with Crippen LogP contribution in [0.2, 0.25) is 0 Å². The van der Waals surface area contributed by atoms with Crippen LogP contribution >= 0.6 is 11.3 Å². The molecular weight excluding hydrogens is 381 g/mol. The number of ether oxygens (including phenoxy) is 1. The number of carbonyl (C=O) groups excluding carboxylic acids is 1. The van der Waals surface area contributed by atoms with Crippen LogP contribution in [0.5, 0.6) is 0 Å². The van der Waals surface area contributed by atoms with Crippen LogP contribution in [-0.4, -0.2) is 29.2 Å². The monoisotopic (exact) mass is 401 g/mol. The molecule has 0 saturated heterocycles. The van der Waals surface area contributed by atoms with Crippen molar-refractivity contribution in [2.75, 3.05) is 18.6 Å². The van der Waals surface area contributed by atoms with E-state index in [1.807, 2.05) is 12.3 Å². The number of anilines is 1. The molecule has 28 heavy (non-hydrogen) atoms. The largest absolute Gasteiger partial charge is 0.383 e. The Hall–Kier alpha value is -2.84. The number of hydrogen-bond donors (Lipinski definition) is 0. The second-order valence-corrected chi connectivity index (χ2v) is 7.23. The lowest BCUT2D eigenvalue weighted by atomic mass is 10.2. The summed E-state index contributed by atoms with van der Waals surface area (Å²) in [5.74, 6) is -0.683. The maximum Gasteiger partial charge on any atom is 0.260 e. The van der Waals surface area contributed by atoms with E-state index in [1.54, 1.807) is 19.2 Å². The van der Waals surface area contributed by atoms with Crippen molar-refractivity contribution in [3.05, 3.63) is 80.4 Å². The number of hydrogen-bond acceptors (Lipinski definition) is 5. The Morgan fingerprint density at radius 2 is 2.00 bits per heavy atom. The van der Waals surface area contributed by atoms with Crippen LogP contribution in [-0.2, 0) is 17.8 Å². The van der Waals surface area contributed by atoms with E-state index in [1.165, 1.54) is 51.3 Å². The lowest BCUT2D eigenvalue weighted by Gasteiger charge is -2.22. The average Bonchev–Trinajstić information content (AvgIpc) is 3.10. The summed E-state index contributed by atoms with van der Waals surface area (Å²) >= 11 is 1.50. The van der Waals surface area contributed by atoms with Crippen molar-refractivity contribution in [2.24, 2.45) is 0 Å². The van der Waals surface area contributed by atoms with Crippen molar-refractivity contribution in [1.82, 2.24) is 9.55 Å². The maximum atomic E-state index is 13.4. The maximum absolute atomic E-state index is 13.4. The highest BCUT2D eigenvalue weighted by Gasteiger charge is 2.20. The number of nitrogens with zero attached hydrogens (tertiary/aromatic N) is 3. The van der Waals surface area contributed by atoms with Crippen molar-refractivity contribution in [3.8, 4) is 0 Å². The molecular formula is C20H20FN3O3S. The Morgan fingerprint density at radius 1 is 1.25 bits per heavy atom. The number of methoxy groups -OCH3 is 1. The standard InChI is InChI=1S/C20H20FN3O3S/c1-14-22-17(13-28-14)12-24(18-6-4-16(21)5-7-18)20(26)15-3-8-19(25)23(11-15)9-10-27-2/h3-8,11,13H,9-10,12H2,1-2H3. The minimum atomic E-state index is -0.381. The summed E-state index contributed by atoms with van der Waals surface area (Å²) in [7, 11) is 1.55. The van der Waals surface area contributed by atoms with Crippen LogP contribution in [0, 0.1) is 12.7 Å². The van der Waals surface area contributed by atoms with E-state index in [4.69, 9.17) is 4.74 Å². The van der Waals surface area contributed by atoms with Gasteiger partial charge in [0.05, 0.1) is 29.4 Å². The summed E-state index contributed by atoms with van der Waals surface area (Å²) in [6.07, 6.45) is 1.52. The lowest BCUT2D eigenvalue weighted by molar-refractivity contribution is 0.0983. The van der Waals surface area contributed by atoms with Gasteiger partial charge in [-0.2, -0.15) is 0 Å². The van der Waals surface area contributed by atoms with Crippen LogP contribution in [0.1, 0.15) is 21.1 Å². The van der Waals surface area contributed by atoms with Gasteiger partial charge >= 0.3 is 0 Å². The van der Waals surface area contributed by atoms with Crippen LogP contribution in [0.15, 0.2) is 52.8 Å². The van der Waals surface area contributed by atoms with E-state index in [9.17, 15) is 14.0 Å². The number of aromatic nitrogens is 2. The zero-order chi connectivity index (χ0) is 20.1. The molecule has 0 spiro atoms. The van der Waals surface area contributed by atoms with Crippen LogP contribution in [0.25, 0.3) is 0 Å². The van der Waals surface area contributed by atoms with E-state index >= 15 is 0 Å². The zero-order valence-corrected chi connectivity index (χ0v) is 16.4. The molecule has 1 amide bonds. The highest BCUT2D eigenvalue weighted by atomic mass is 32.1. The fourth-order valence-electron chi connectivity index (χ4n) is 2.72. The SMILES string of the molecule is COCCn1cc(C(=O)N(Cc2csc(C)n2)c2ccc(F)cc2)ccc1=O. The first-order valence-corrected chi connectivity index (χ1v) is 9.54. The fraction of sp³-hybridized carbons (Fsp3) is 0.250. The first kappa shape index (κ1) is 19.9. The molecule has 0 fully saturated rings. The van der Waals surface area contributed by atoms with Gasteiger partial charge in [-0.25, -0.2) is 9.37 Å². The highest BCUT2D eigenvalue weighted by molar-refractivity contribution is 7.09. The number of amides is 1. The number of thiazole rings is 1. The molecule has 2 heterocycles. The van der Waals surface area contributed by atoms with E-state index in [-0.39, 0.29) is 23.8 Å². The lowest BCUT2D eigenvalue weighted by Crippen LogP contribution is -2.32. The molecule has 0 N–H and O–H groups in total. The van der Waals surface area contributed by atoms with E-state index in [0.29, 0.717) is 24.4 Å². The van der Waals surface area contributed by atoms with Crippen molar-refractivity contribution < 1.29 is 13.9 Å². The Balaban J connectivity index is 1.96. The van der Waals surface area contributed by atoms with Crippen LogP contribution < -0.4 is 10.5 Å². The molecule has 0 saturated carbocycles. The summed E-state index contributed by atoms with van der Waals surface area (Å²) in [6, 6.07) is 8.57. The molecule has 0 aliphatic rings. The number of pyridine rings is 1. The second-order valence-electron chi connectivity index (χ2n) is 6.17. The minimum Gasteiger partial charge on any atom is -0.383 e. The highest BCUT2D eigenvalue weighted by Crippen LogP contribution is 2.21. The van der Waals surface area contributed by atoms with E-state index in [0.717, 1.165) is 10.7 Å². The normalized spacial score (nSPS) is 10.8. The van der Waals surface area contributed by atoms with Gasteiger partial charge in [-0.1, -0.05) is 0 Å². The van der Waals surface area contributed by atoms with Crippen LogP contribution in [0.4, 0.5) is 10.1 Å². The van der Waals surface area contributed by atoms with Gasteiger partial charge in [0.25, 0.3) is 11.5 Å². The molecule has 146 valence electrons. The summed E-state index contributed by atoms with van der Waals surface area (Å²) in [5.41, 5.74) is 1.43. The minimum absolute atomic E-state index is 0.211. The zero-order valence-electron chi connectivity index (χ0n) is 15.6. The molecule has 6 nitrogen and oxygen atoms in total. The molecule has 0 radical (unpaired) electrons. The molecule has 0 atom stereocenters. The van der Waals surface area contributed by atoms with Crippen molar-refractivity contribution >= 4 is 22.9 Å². The molecule has 2 aromatic heterocycles. The first-order valence-electron chi connectivity index (χ1n) is 8.66. The van der Waals surface area contributed by atoms with Crippen molar-refractivity contribution in [2.45, 2.75) is 20.0 Å². The molecule has 3 rings (SSSR count). The molecule has 0 unspecified atom stereocenters. The quantitative estimate of drug-likeness (QED) is 0.610. The summed E-state index contributed by atoms with van der Waals surface area (Å²) in [5, 5.41) is 2.79. The number of benzene rings is 1. The summed E-state index contributed by atoms with van der Waals surface area (Å²) in [6.45, 7) is 2.84. The van der Waals surface area contributed by atoms with Gasteiger partial charge in [0.15, 0.2) is 0 Å². The molecule has 8 heteroatoms. The van der Waals surface area contributed by atoms with Crippen molar-refractivity contribution in [3.63, 3.8) is 0 Å². The predicted octanol–water partition coefficient (Wildman–Crippen LogP) is 3.25. The first-order chi connectivity index (χ1) is 13.5. The van der Waals surface area contributed by atoms with Gasteiger partial charge in [-0.15, -0.1) is 11.3 Å². The fourth-order valence-corrected chi connectivity index (χ4v) is 3.33. The van der Waals surface area contributed by atoms with E-state index in [2.05, 4.69) is 4.98 Å². The second kappa shape index (κ2) is 8.90. The van der Waals surface area contributed by atoms with Gasteiger partial charge in [-0.3, -0.25) is 9.59 Å². The Kier molecular flexibility index (Phi) is 6.33. The number of carbonyl (C=O) groups is 1. The third-order valence-electron chi connectivity index (χ3n) is 4.14. The third kappa shape index (κ3) is 4.71. The predicted molar refractivity (Wildman–Crippen MR) is 106 cm³/mol. The summed E-state index contributed by atoms with van der Waals surface area (Å²) < 4.78 is 19.8. The number of rotatable bonds is 7. The van der Waals surface area contributed by atoms with Gasteiger partial charge in [0, 0.05) is 37.0 Å². The smallest absolute Gasteiger partial charge is 0.260 e. The molecule has 0 aliphatic carbocycles. The van der Waals surface area contributed by atoms with Crippen LogP contribution in [0.3, 0.4) is 0 Å². The van der Waals surface area contributed by atoms with Gasteiger partial charge in [-0.05, 0) is 37.3 Å². The Morgan fingerprint density at radius 3 is 2.64 bits per heavy atom. The molecule has 1 aromatic carbocycles. The number of halogens is 1. The molecule has 0 bridgehead atoms. The third-order valence-corrected chi connectivity index (χ3v) is 4.96. The number of aryl methyl sites for hydroxylation is 1. The summed E-state index contributed by atoms with van der Waals surface area (Å²) in [4.78, 5) is 31.2. The van der Waals surface area contributed by atoms with Gasteiger partial charge in [0.1, 0.15) is 5.82 Å². The Labute approximate surface area is 165 Å². The van der Waals surface area contributed by atoms with Crippen molar-refractivity contribution in [1.29, 1.82) is 0 Å². The molecule has 3 aromatic rings. The topological polar surface area (TPSA) is 64.4 Å².